The molecule has 0 aliphatic rings. The Bertz CT molecular complexity index is 1110. The molecule has 6 nitrogen and oxygen atoms in total. The van der Waals surface area contributed by atoms with E-state index in [4.69, 9.17) is 4.74 Å². The zero-order valence-corrected chi connectivity index (χ0v) is 50.4. The number of carbonyl (C=O) groups is 2. The van der Waals surface area contributed by atoms with Gasteiger partial charge in [0, 0.05) is 12.8 Å². The third-order valence-corrected chi connectivity index (χ3v) is 16.1. The fourth-order valence-corrected chi connectivity index (χ4v) is 10.9. The lowest BCUT2D eigenvalue weighted by atomic mass is 10.0. The minimum absolute atomic E-state index is 0.0115. The Hall–Kier alpha value is -1.40. The van der Waals surface area contributed by atoms with Gasteiger partial charge in [-0.05, 0) is 51.4 Å². The van der Waals surface area contributed by atoms with Crippen molar-refractivity contribution in [1.29, 1.82) is 0 Å². The molecule has 0 saturated heterocycles. The number of aliphatic hydroxyl groups excluding tert-OH is 2. The highest BCUT2D eigenvalue weighted by molar-refractivity contribution is 5.76. The number of allylic oxidation sites excluding steroid dienone is 2. The number of ether oxygens (including phenoxy) is 1. The van der Waals surface area contributed by atoms with Crippen molar-refractivity contribution in [2.24, 2.45) is 0 Å². The Balaban J connectivity index is 3.32. The molecule has 0 bridgehead atoms. The van der Waals surface area contributed by atoms with Gasteiger partial charge in [0.1, 0.15) is 0 Å². The predicted molar refractivity (Wildman–Crippen MR) is 324 cm³/mol. The third kappa shape index (κ3) is 59.8. The lowest BCUT2D eigenvalue weighted by Crippen LogP contribution is -2.45. The van der Waals surface area contributed by atoms with E-state index in [1.807, 2.05) is 0 Å². The zero-order chi connectivity index (χ0) is 53.6. The van der Waals surface area contributed by atoms with Crippen LogP contribution in [0.4, 0.5) is 0 Å². The van der Waals surface area contributed by atoms with E-state index >= 15 is 0 Å². The summed E-state index contributed by atoms with van der Waals surface area (Å²) in [5, 5.41) is 23.3. The van der Waals surface area contributed by atoms with Crippen LogP contribution in [0.5, 0.6) is 0 Å². The van der Waals surface area contributed by atoms with E-state index in [9.17, 15) is 19.8 Å². The molecule has 0 spiro atoms. The number of hydrogen-bond acceptors (Lipinski definition) is 5. The fraction of sp³-hybridized carbons (Fsp3) is 0.941. The molecule has 3 N–H and O–H groups in total. The monoisotopic (exact) mass is 1040 g/mol. The van der Waals surface area contributed by atoms with Gasteiger partial charge in [-0.3, -0.25) is 9.59 Å². The molecule has 2 unspecified atom stereocenters. The molecule has 0 heterocycles. The van der Waals surface area contributed by atoms with Crippen LogP contribution in [0, 0.1) is 0 Å². The highest BCUT2D eigenvalue weighted by atomic mass is 16.5. The average molecular weight is 1040 g/mol. The van der Waals surface area contributed by atoms with Gasteiger partial charge in [0.05, 0.1) is 25.4 Å². The van der Waals surface area contributed by atoms with Gasteiger partial charge in [-0.1, -0.05) is 334 Å². The molecule has 74 heavy (non-hydrogen) atoms. The lowest BCUT2D eigenvalue weighted by Gasteiger charge is -2.22. The molecule has 0 aliphatic heterocycles. The molecule has 6 heteroatoms. The van der Waals surface area contributed by atoms with Gasteiger partial charge < -0.3 is 20.3 Å². The van der Waals surface area contributed by atoms with Crippen molar-refractivity contribution in [3.63, 3.8) is 0 Å². The Morgan fingerprint density at radius 3 is 0.973 bits per heavy atom. The first kappa shape index (κ1) is 72.6. The van der Waals surface area contributed by atoms with E-state index in [0.717, 1.165) is 44.9 Å². The predicted octanol–water partition coefficient (Wildman–Crippen LogP) is 21.6. The van der Waals surface area contributed by atoms with E-state index in [1.165, 1.54) is 308 Å². The largest absolute Gasteiger partial charge is 0.466 e. The van der Waals surface area contributed by atoms with E-state index in [-0.39, 0.29) is 18.5 Å². The van der Waals surface area contributed by atoms with Gasteiger partial charge in [0.2, 0.25) is 5.91 Å². The van der Waals surface area contributed by atoms with E-state index < -0.39 is 12.1 Å². The average Bonchev–Trinajstić information content (AvgIpc) is 3.40. The van der Waals surface area contributed by atoms with Crippen LogP contribution in [0.1, 0.15) is 386 Å². The number of rotatable bonds is 64. The molecule has 0 aliphatic carbocycles. The topological polar surface area (TPSA) is 95.9 Å². The second-order valence-corrected chi connectivity index (χ2v) is 23.5. The molecule has 0 radical (unpaired) electrons. The molecular weight excluding hydrogens is 911 g/mol. The van der Waals surface area contributed by atoms with Crippen LogP contribution >= 0.6 is 0 Å². The van der Waals surface area contributed by atoms with Gasteiger partial charge in [0.15, 0.2) is 0 Å². The first-order chi connectivity index (χ1) is 36.5. The van der Waals surface area contributed by atoms with E-state index in [0.29, 0.717) is 25.9 Å². The summed E-state index contributed by atoms with van der Waals surface area (Å²) < 4.78 is 5.48. The van der Waals surface area contributed by atoms with Crippen molar-refractivity contribution < 1.29 is 24.5 Å². The number of carbonyl (C=O) groups excluding carboxylic acids is 2. The lowest BCUT2D eigenvalue weighted by molar-refractivity contribution is -0.143. The van der Waals surface area contributed by atoms with Crippen molar-refractivity contribution in [1.82, 2.24) is 5.32 Å². The molecule has 2 atom stereocenters. The van der Waals surface area contributed by atoms with Crippen LogP contribution in [0.3, 0.4) is 0 Å². The Morgan fingerprint density at radius 1 is 0.365 bits per heavy atom. The maximum Gasteiger partial charge on any atom is 0.305 e. The number of hydrogen-bond donors (Lipinski definition) is 3. The van der Waals surface area contributed by atoms with Gasteiger partial charge in [-0.15, -0.1) is 0 Å². The molecule has 1 amide bonds. The Morgan fingerprint density at radius 2 is 0.635 bits per heavy atom. The highest BCUT2D eigenvalue weighted by Crippen LogP contribution is 2.19. The van der Waals surface area contributed by atoms with Crippen molar-refractivity contribution in [2.45, 2.75) is 398 Å². The van der Waals surface area contributed by atoms with Crippen LogP contribution in [-0.2, 0) is 14.3 Å². The smallest absolute Gasteiger partial charge is 0.305 e. The van der Waals surface area contributed by atoms with Crippen molar-refractivity contribution in [2.75, 3.05) is 13.2 Å². The number of esters is 1. The number of unbranched alkanes of at least 4 members (excludes halogenated alkanes) is 51. The van der Waals surface area contributed by atoms with Crippen molar-refractivity contribution >= 4 is 11.9 Å². The molecule has 0 aromatic heterocycles. The molecule has 0 saturated carbocycles. The Labute approximate surface area is 463 Å². The SMILES string of the molecule is CCCCCC/C=C\CCCCCCCC(=O)OCCCCCCCCCCCCCCCCCCCCCCCCCCCCCCCCC(=O)NC(CO)C(O)CCCCCCCCCCCCCCCC. The number of aliphatic hydroxyl groups is 2. The summed E-state index contributed by atoms with van der Waals surface area (Å²) in [6.45, 7) is 4.97. The van der Waals surface area contributed by atoms with Crippen LogP contribution in [0.2, 0.25) is 0 Å². The summed E-state index contributed by atoms with van der Waals surface area (Å²) >= 11 is 0. The normalized spacial score (nSPS) is 12.5. The van der Waals surface area contributed by atoms with Crippen molar-refractivity contribution in [3.05, 3.63) is 12.2 Å². The number of nitrogens with one attached hydrogen (secondary N) is 1. The highest BCUT2D eigenvalue weighted by Gasteiger charge is 2.20. The van der Waals surface area contributed by atoms with Crippen LogP contribution in [0.25, 0.3) is 0 Å². The molecule has 0 aromatic carbocycles. The molecule has 0 aromatic rings. The third-order valence-electron chi connectivity index (χ3n) is 16.1. The van der Waals surface area contributed by atoms with E-state index in [2.05, 4.69) is 31.3 Å². The maximum absolute atomic E-state index is 12.5. The van der Waals surface area contributed by atoms with Crippen LogP contribution < -0.4 is 5.32 Å². The van der Waals surface area contributed by atoms with E-state index in [1.54, 1.807) is 0 Å². The summed E-state index contributed by atoms with van der Waals surface area (Å²) in [6, 6.07) is -0.537. The summed E-state index contributed by atoms with van der Waals surface area (Å²) in [7, 11) is 0. The van der Waals surface area contributed by atoms with Crippen LogP contribution in [0.15, 0.2) is 12.2 Å². The van der Waals surface area contributed by atoms with Crippen molar-refractivity contribution in [3.8, 4) is 0 Å². The summed E-state index contributed by atoms with van der Waals surface area (Å²) in [6.07, 6.45) is 78.3. The fourth-order valence-electron chi connectivity index (χ4n) is 10.9. The Kier molecular flexibility index (Phi) is 62.9. The quantitative estimate of drug-likeness (QED) is 0.0320. The van der Waals surface area contributed by atoms with Crippen LogP contribution in [-0.4, -0.2) is 47.4 Å². The summed E-state index contributed by atoms with van der Waals surface area (Å²) in [4.78, 5) is 24.5. The molecular formula is C68H133NO5. The van der Waals surface area contributed by atoms with Gasteiger partial charge in [-0.25, -0.2) is 0 Å². The molecule has 0 fully saturated rings. The zero-order valence-electron chi connectivity index (χ0n) is 50.4. The minimum atomic E-state index is -0.660. The second kappa shape index (κ2) is 64.1. The first-order valence-electron chi connectivity index (χ1n) is 33.9. The summed E-state index contributed by atoms with van der Waals surface area (Å²) in [5.74, 6) is -0.0169. The molecule has 0 rings (SSSR count). The maximum atomic E-state index is 12.5. The summed E-state index contributed by atoms with van der Waals surface area (Å²) in [5.41, 5.74) is 0. The second-order valence-electron chi connectivity index (χ2n) is 23.5. The standard InChI is InChI=1S/C68H133NO5/c1-3-5-7-9-11-13-15-17-37-40-44-48-52-56-60-66(71)65(64-70)69-67(72)61-57-53-49-45-41-38-34-32-30-28-26-24-22-20-18-19-21-23-25-27-29-31-33-35-39-43-47-51-55-59-63-74-68(73)62-58-54-50-46-42-36-16-14-12-10-8-6-4-2/h14,16,65-66,70-71H,3-13,15,17-64H2,1-2H3,(H,69,72)/b16-14-. The minimum Gasteiger partial charge on any atom is -0.466 e. The van der Waals surface area contributed by atoms with Gasteiger partial charge >= 0.3 is 5.97 Å². The van der Waals surface area contributed by atoms with Gasteiger partial charge in [0.25, 0.3) is 0 Å². The van der Waals surface area contributed by atoms with Gasteiger partial charge in [-0.2, -0.15) is 0 Å². The molecule has 440 valence electrons. The first-order valence-corrected chi connectivity index (χ1v) is 33.9. The number of amides is 1.